The van der Waals surface area contributed by atoms with Gasteiger partial charge in [0.2, 0.25) is 0 Å². The summed E-state index contributed by atoms with van der Waals surface area (Å²) in [6.45, 7) is 18.0. The number of amides is 1. The Morgan fingerprint density at radius 1 is 1.23 bits per heavy atom. The molecule has 0 saturated carbocycles. The smallest absolute Gasteiger partial charge is 0.410 e. The molecule has 0 bridgehead atoms. The Morgan fingerprint density at radius 2 is 1.87 bits per heavy atom. The first-order chi connectivity index (χ1) is 14.1. The average molecular weight is 454 g/mol. The van der Waals surface area contributed by atoms with Crippen LogP contribution in [0.5, 0.6) is 0 Å². The first-order valence-electron chi connectivity index (χ1n) is 11.2. The molecule has 1 aromatic rings. The highest BCUT2D eigenvalue weighted by molar-refractivity contribution is 6.74. The number of hydrogen-bond acceptors (Lipinski definition) is 4. The highest BCUT2D eigenvalue weighted by Gasteiger charge is 2.40. The molecule has 1 aliphatic rings. The third-order valence-electron chi connectivity index (χ3n) is 6.52. The molecule has 1 aliphatic heterocycles. The van der Waals surface area contributed by atoms with Crippen molar-refractivity contribution in [2.45, 2.75) is 84.2 Å². The Balaban J connectivity index is 2.26. The number of carbonyl (C=O) groups is 1. The first-order valence-corrected chi connectivity index (χ1v) is 14.1. The van der Waals surface area contributed by atoms with Crippen molar-refractivity contribution >= 4 is 14.4 Å². The predicted octanol–water partition coefficient (Wildman–Crippen LogP) is 5.68. The normalized spacial score (nSPS) is 20.6. The van der Waals surface area contributed by atoms with E-state index in [1.165, 1.54) is 6.07 Å². The maximum Gasteiger partial charge on any atom is 0.410 e. The molecule has 31 heavy (non-hydrogen) atoms. The third kappa shape index (κ3) is 6.77. The minimum Gasteiger partial charge on any atom is -0.444 e. The van der Waals surface area contributed by atoms with Gasteiger partial charge in [0.1, 0.15) is 11.4 Å². The van der Waals surface area contributed by atoms with Crippen LogP contribution in [-0.4, -0.2) is 49.7 Å². The molecule has 2 atom stereocenters. The molecule has 0 spiro atoms. The van der Waals surface area contributed by atoms with Crippen LogP contribution in [0.2, 0.25) is 18.1 Å². The van der Waals surface area contributed by atoms with E-state index in [0.717, 1.165) is 12.0 Å². The molecule has 176 valence electrons. The van der Waals surface area contributed by atoms with Gasteiger partial charge in [-0.3, -0.25) is 0 Å². The van der Waals surface area contributed by atoms with Crippen LogP contribution in [0, 0.1) is 11.7 Å². The van der Waals surface area contributed by atoms with E-state index >= 15 is 0 Å². The molecule has 1 amide bonds. The monoisotopic (exact) mass is 453 g/mol. The van der Waals surface area contributed by atoms with E-state index in [2.05, 4.69) is 33.9 Å². The Hall–Kier alpha value is -1.44. The lowest BCUT2D eigenvalue weighted by Crippen LogP contribution is -2.48. The lowest BCUT2D eigenvalue weighted by atomic mass is 9.80. The molecular weight excluding hydrogens is 413 g/mol. The van der Waals surface area contributed by atoms with Gasteiger partial charge in [0.15, 0.2) is 8.32 Å². The second kappa shape index (κ2) is 9.59. The number of benzene rings is 1. The zero-order valence-electron chi connectivity index (χ0n) is 20.4. The second-order valence-corrected chi connectivity index (χ2v) is 16.0. The van der Waals surface area contributed by atoms with Crippen molar-refractivity contribution in [3.8, 4) is 0 Å². The van der Waals surface area contributed by atoms with Crippen LogP contribution in [0.15, 0.2) is 18.2 Å². The molecule has 1 heterocycles. The lowest BCUT2D eigenvalue weighted by Gasteiger charge is -2.42. The molecule has 1 N–H and O–H groups in total. The minimum absolute atomic E-state index is 0.0624. The number of nitrogens with zero attached hydrogens (tertiary/aromatic N) is 1. The fourth-order valence-corrected chi connectivity index (χ4v) is 4.67. The molecule has 5 nitrogen and oxygen atoms in total. The maximum atomic E-state index is 13.9. The molecule has 2 rings (SSSR count). The topological polar surface area (TPSA) is 59.0 Å². The van der Waals surface area contributed by atoms with Crippen molar-refractivity contribution < 1.29 is 23.5 Å². The van der Waals surface area contributed by atoms with Crippen molar-refractivity contribution in [1.29, 1.82) is 0 Å². The van der Waals surface area contributed by atoms with Gasteiger partial charge in [0.25, 0.3) is 0 Å². The molecule has 1 aromatic carbocycles. The first kappa shape index (κ1) is 25.8. The van der Waals surface area contributed by atoms with E-state index in [0.29, 0.717) is 25.3 Å². The van der Waals surface area contributed by atoms with Crippen LogP contribution in [0.25, 0.3) is 0 Å². The third-order valence-corrected chi connectivity index (χ3v) is 11.0. The molecule has 0 aromatic heterocycles. The number of carbonyl (C=O) groups excluding carboxylic acids is 1. The van der Waals surface area contributed by atoms with Crippen molar-refractivity contribution in [1.82, 2.24) is 4.90 Å². The van der Waals surface area contributed by atoms with Gasteiger partial charge in [-0.15, -0.1) is 0 Å². The van der Waals surface area contributed by atoms with Crippen LogP contribution in [0.1, 0.15) is 65.0 Å². The summed E-state index contributed by atoms with van der Waals surface area (Å²) >= 11 is 0. The number of rotatable bonds is 5. The summed E-state index contributed by atoms with van der Waals surface area (Å²) in [6.07, 6.45) is 0.430. The fraction of sp³-hybridized carbons (Fsp3) is 0.708. The van der Waals surface area contributed by atoms with E-state index in [4.69, 9.17) is 9.16 Å². The minimum atomic E-state index is -1.97. The van der Waals surface area contributed by atoms with Crippen LogP contribution in [0.4, 0.5) is 9.18 Å². The van der Waals surface area contributed by atoms with Gasteiger partial charge in [-0.2, -0.15) is 0 Å². The molecule has 0 aliphatic carbocycles. The summed E-state index contributed by atoms with van der Waals surface area (Å²) in [7, 11) is -1.97. The Kier molecular flexibility index (Phi) is 7.98. The number of aliphatic hydroxyl groups excluding tert-OH is 1. The molecular formula is C24H40FNO4Si. The van der Waals surface area contributed by atoms with Crippen molar-refractivity contribution in [3.05, 3.63) is 35.1 Å². The van der Waals surface area contributed by atoms with E-state index < -0.39 is 19.7 Å². The van der Waals surface area contributed by atoms with E-state index in [-0.39, 0.29) is 29.6 Å². The fourth-order valence-electron chi connectivity index (χ4n) is 3.61. The van der Waals surface area contributed by atoms with Gasteiger partial charge < -0.3 is 19.2 Å². The van der Waals surface area contributed by atoms with Crippen LogP contribution < -0.4 is 0 Å². The van der Waals surface area contributed by atoms with E-state index in [1.807, 2.05) is 20.8 Å². The number of ether oxygens (including phenoxy) is 1. The number of hydrogen-bond donors (Lipinski definition) is 1. The van der Waals surface area contributed by atoms with Crippen LogP contribution >= 0.6 is 0 Å². The van der Waals surface area contributed by atoms with Crippen LogP contribution in [0.3, 0.4) is 0 Å². The maximum absolute atomic E-state index is 13.9. The van der Waals surface area contributed by atoms with Gasteiger partial charge in [0.05, 0.1) is 6.61 Å². The van der Waals surface area contributed by atoms with E-state index in [1.54, 1.807) is 17.0 Å². The van der Waals surface area contributed by atoms with Gasteiger partial charge in [0, 0.05) is 31.2 Å². The quantitative estimate of drug-likeness (QED) is 0.583. The molecule has 0 radical (unpaired) electrons. The molecule has 1 saturated heterocycles. The van der Waals surface area contributed by atoms with Gasteiger partial charge in [-0.1, -0.05) is 32.9 Å². The number of piperidine rings is 1. The van der Waals surface area contributed by atoms with Gasteiger partial charge >= 0.3 is 6.09 Å². The highest BCUT2D eigenvalue weighted by atomic mass is 28.4. The standard InChI is InChI=1S/C24H40FNO4Si/c1-23(2,3)30-22(28)26-12-11-20(17-9-10-21(25)18(13-17)15-27)19(14-26)16-29-31(7,8)24(4,5)6/h9-10,13,19-20,27H,11-12,14-16H2,1-8H3/t19-,20-/m0/s1. The summed E-state index contributed by atoms with van der Waals surface area (Å²) < 4.78 is 26.1. The Morgan fingerprint density at radius 3 is 2.42 bits per heavy atom. The van der Waals surface area contributed by atoms with Crippen molar-refractivity contribution in [2.24, 2.45) is 5.92 Å². The molecule has 0 unspecified atom stereocenters. The Bertz CT molecular complexity index is 770. The summed E-state index contributed by atoms with van der Waals surface area (Å²) in [6, 6.07) is 4.97. The van der Waals surface area contributed by atoms with E-state index in [9.17, 15) is 14.3 Å². The van der Waals surface area contributed by atoms with Gasteiger partial charge in [-0.05, 0) is 62.9 Å². The van der Waals surface area contributed by atoms with Crippen molar-refractivity contribution in [2.75, 3.05) is 19.7 Å². The lowest BCUT2D eigenvalue weighted by molar-refractivity contribution is 0.0106. The largest absolute Gasteiger partial charge is 0.444 e. The summed E-state index contributed by atoms with van der Waals surface area (Å²) in [5, 5.41) is 9.59. The average Bonchev–Trinajstić information content (AvgIpc) is 2.64. The molecule has 7 heteroatoms. The zero-order valence-corrected chi connectivity index (χ0v) is 21.4. The zero-order chi connectivity index (χ0) is 23.6. The summed E-state index contributed by atoms with van der Waals surface area (Å²) in [4.78, 5) is 14.5. The number of halogens is 1. The SMILES string of the molecule is CC(C)(C)OC(=O)N1CC[C@@H](c2ccc(F)c(CO)c2)[C@H](CO[Si](C)(C)C(C)(C)C)C1. The van der Waals surface area contributed by atoms with Crippen LogP contribution in [-0.2, 0) is 15.8 Å². The summed E-state index contributed by atoms with van der Waals surface area (Å²) in [5.41, 5.74) is 0.739. The van der Waals surface area contributed by atoms with Crippen molar-refractivity contribution in [3.63, 3.8) is 0 Å². The number of aliphatic hydroxyl groups is 1. The Labute approximate surface area is 188 Å². The highest BCUT2D eigenvalue weighted by Crippen LogP contribution is 2.39. The van der Waals surface area contributed by atoms with Gasteiger partial charge in [-0.25, -0.2) is 9.18 Å². The number of likely N-dealkylation sites (tertiary alicyclic amines) is 1. The summed E-state index contributed by atoms with van der Waals surface area (Å²) in [5.74, 6) is -0.215. The molecule has 1 fully saturated rings. The predicted molar refractivity (Wildman–Crippen MR) is 124 cm³/mol. The second-order valence-electron chi connectivity index (χ2n) is 11.2.